The first kappa shape index (κ1) is 13.5. The summed E-state index contributed by atoms with van der Waals surface area (Å²) in [7, 11) is 0. The summed E-state index contributed by atoms with van der Waals surface area (Å²) in [4.78, 5) is 12.2. The quantitative estimate of drug-likeness (QED) is 0.787. The lowest BCUT2D eigenvalue weighted by molar-refractivity contribution is 0.0355. The van der Waals surface area contributed by atoms with E-state index < -0.39 is 0 Å². The lowest BCUT2D eigenvalue weighted by Crippen LogP contribution is -2.18. The molecule has 0 spiro atoms. The van der Waals surface area contributed by atoms with Gasteiger partial charge >= 0.3 is 5.97 Å². The Bertz CT molecular complexity index is 436. The summed E-state index contributed by atoms with van der Waals surface area (Å²) >= 11 is 1.84. The molecule has 2 rings (SSSR count). The van der Waals surface area contributed by atoms with Gasteiger partial charge in [-0.05, 0) is 32.4 Å². The minimum absolute atomic E-state index is 0.0795. The van der Waals surface area contributed by atoms with E-state index in [2.05, 4.69) is 12.0 Å². The largest absolute Gasteiger partial charge is 0.458 e. The maximum Gasteiger partial charge on any atom is 0.342 e. The first-order chi connectivity index (χ1) is 8.63. The van der Waals surface area contributed by atoms with Gasteiger partial charge in [-0.15, -0.1) is 0 Å². The molecule has 0 aliphatic carbocycles. The normalized spacial score (nSPS) is 19.2. The molecule has 100 valence electrons. The van der Waals surface area contributed by atoms with Gasteiger partial charge in [-0.25, -0.2) is 4.79 Å². The van der Waals surface area contributed by atoms with Crippen molar-refractivity contribution in [3.63, 3.8) is 0 Å². The molecule has 1 aliphatic heterocycles. The highest BCUT2D eigenvalue weighted by Crippen LogP contribution is 2.23. The molecule has 0 N–H and O–H groups in total. The zero-order valence-corrected chi connectivity index (χ0v) is 12.0. The van der Waals surface area contributed by atoms with Crippen LogP contribution in [-0.4, -0.2) is 33.4 Å². The molecule has 0 aromatic carbocycles. The second-order valence-corrected chi connectivity index (χ2v) is 5.81. The highest BCUT2D eigenvalue weighted by Gasteiger charge is 2.25. The zero-order valence-electron chi connectivity index (χ0n) is 11.2. The molecular weight excluding hydrogens is 248 g/mol. The average Bonchev–Trinajstić information content (AvgIpc) is 2.89. The molecule has 0 amide bonds. The van der Waals surface area contributed by atoms with Crippen LogP contribution in [0.4, 0.5) is 0 Å². The molecule has 0 bridgehead atoms. The van der Waals surface area contributed by atoms with Crippen LogP contribution < -0.4 is 0 Å². The van der Waals surface area contributed by atoms with Crippen molar-refractivity contribution in [1.82, 2.24) is 9.78 Å². The van der Waals surface area contributed by atoms with Gasteiger partial charge in [-0.3, -0.25) is 4.68 Å². The molecule has 0 saturated carbocycles. The standard InChI is InChI=1S/C13H20N2O2S/c1-4-6-15-10(3)12(9(2)14-15)13(16)17-11-5-7-18-8-11/h11H,4-8H2,1-3H3/t11-/m0/s1. The lowest BCUT2D eigenvalue weighted by atomic mass is 10.2. The topological polar surface area (TPSA) is 44.1 Å². The third kappa shape index (κ3) is 2.71. The van der Waals surface area contributed by atoms with Gasteiger partial charge in [0.25, 0.3) is 0 Å². The predicted octanol–water partition coefficient (Wildman–Crippen LogP) is 2.57. The minimum Gasteiger partial charge on any atom is -0.458 e. The molecule has 0 radical (unpaired) electrons. The van der Waals surface area contributed by atoms with Crippen LogP contribution >= 0.6 is 11.8 Å². The Morgan fingerprint density at radius 1 is 1.56 bits per heavy atom. The van der Waals surface area contributed by atoms with Gasteiger partial charge in [0.15, 0.2) is 0 Å². The molecule has 1 atom stereocenters. The Morgan fingerprint density at radius 3 is 2.94 bits per heavy atom. The fraction of sp³-hybridized carbons (Fsp3) is 0.692. The molecule has 1 aromatic rings. The van der Waals surface area contributed by atoms with Crippen LogP contribution in [0.5, 0.6) is 0 Å². The number of nitrogens with zero attached hydrogens (tertiary/aromatic N) is 2. The Labute approximate surface area is 112 Å². The number of aromatic nitrogens is 2. The van der Waals surface area contributed by atoms with Crippen molar-refractivity contribution >= 4 is 17.7 Å². The fourth-order valence-corrected chi connectivity index (χ4v) is 3.33. The molecule has 1 saturated heterocycles. The van der Waals surface area contributed by atoms with E-state index in [1.54, 1.807) is 0 Å². The number of hydrogen-bond donors (Lipinski definition) is 0. The van der Waals surface area contributed by atoms with E-state index >= 15 is 0 Å². The smallest absolute Gasteiger partial charge is 0.342 e. The van der Waals surface area contributed by atoms with E-state index in [9.17, 15) is 4.79 Å². The van der Waals surface area contributed by atoms with E-state index in [1.807, 2.05) is 30.3 Å². The molecule has 5 heteroatoms. The zero-order chi connectivity index (χ0) is 13.1. The number of carbonyl (C=O) groups excluding carboxylic acids is 1. The van der Waals surface area contributed by atoms with Gasteiger partial charge in [0, 0.05) is 12.3 Å². The van der Waals surface area contributed by atoms with Crippen LogP contribution in [0.1, 0.15) is 41.5 Å². The van der Waals surface area contributed by atoms with Crippen molar-refractivity contribution < 1.29 is 9.53 Å². The van der Waals surface area contributed by atoms with Crippen LogP contribution in [0.25, 0.3) is 0 Å². The van der Waals surface area contributed by atoms with Crippen molar-refractivity contribution in [3.8, 4) is 0 Å². The number of ether oxygens (including phenoxy) is 1. The van der Waals surface area contributed by atoms with Crippen LogP contribution in [0.3, 0.4) is 0 Å². The third-order valence-corrected chi connectivity index (χ3v) is 4.31. The molecule has 18 heavy (non-hydrogen) atoms. The molecule has 4 nitrogen and oxygen atoms in total. The van der Waals surface area contributed by atoms with Gasteiger partial charge in [0.05, 0.1) is 11.4 Å². The Morgan fingerprint density at radius 2 is 2.33 bits per heavy atom. The molecule has 1 aliphatic rings. The van der Waals surface area contributed by atoms with Gasteiger partial charge in [-0.1, -0.05) is 6.92 Å². The Balaban J connectivity index is 2.13. The first-order valence-electron chi connectivity index (χ1n) is 6.46. The highest BCUT2D eigenvalue weighted by atomic mass is 32.2. The molecular formula is C13H20N2O2S. The van der Waals surface area contributed by atoms with Crippen molar-refractivity contribution in [2.24, 2.45) is 0 Å². The van der Waals surface area contributed by atoms with Crippen molar-refractivity contribution in [2.75, 3.05) is 11.5 Å². The van der Waals surface area contributed by atoms with E-state index in [0.717, 1.165) is 42.3 Å². The number of esters is 1. The summed E-state index contributed by atoms with van der Waals surface area (Å²) in [5.41, 5.74) is 2.35. The molecule has 1 fully saturated rings. The second kappa shape index (κ2) is 5.78. The van der Waals surface area contributed by atoms with Crippen LogP contribution in [0, 0.1) is 13.8 Å². The predicted molar refractivity (Wildman–Crippen MR) is 73.1 cm³/mol. The maximum absolute atomic E-state index is 12.2. The number of thioether (sulfide) groups is 1. The van der Waals surface area contributed by atoms with E-state index in [-0.39, 0.29) is 12.1 Å². The number of hydrogen-bond acceptors (Lipinski definition) is 4. The molecule has 0 unspecified atom stereocenters. The van der Waals surface area contributed by atoms with Gasteiger partial charge < -0.3 is 4.74 Å². The Kier molecular flexibility index (Phi) is 4.32. The molecule has 1 aromatic heterocycles. The first-order valence-corrected chi connectivity index (χ1v) is 7.61. The summed E-state index contributed by atoms with van der Waals surface area (Å²) in [6, 6.07) is 0. The maximum atomic E-state index is 12.2. The van der Waals surface area contributed by atoms with Crippen LogP contribution in [0.15, 0.2) is 0 Å². The number of rotatable bonds is 4. The average molecular weight is 268 g/mol. The summed E-state index contributed by atoms with van der Waals surface area (Å²) in [5.74, 6) is 1.80. The van der Waals surface area contributed by atoms with Crippen LogP contribution in [0.2, 0.25) is 0 Å². The van der Waals surface area contributed by atoms with E-state index in [0.29, 0.717) is 5.56 Å². The van der Waals surface area contributed by atoms with Crippen molar-refractivity contribution in [3.05, 3.63) is 17.0 Å². The summed E-state index contributed by atoms with van der Waals surface area (Å²) in [6.45, 7) is 6.76. The van der Waals surface area contributed by atoms with Crippen molar-refractivity contribution in [1.29, 1.82) is 0 Å². The lowest BCUT2D eigenvalue weighted by Gasteiger charge is -2.10. The Hall–Kier alpha value is -0.970. The van der Waals surface area contributed by atoms with E-state index in [1.165, 1.54) is 0 Å². The minimum atomic E-state index is -0.208. The monoisotopic (exact) mass is 268 g/mol. The van der Waals surface area contributed by atoms with Crippen LogP contribution in [-0.2, 0) is 11.3 Å². The third-order valence-electron chi connectivity index (χ3n) is 3.18. The summed E-state index contributed by atoms with van der Waals surface area (Å²) in [5, 5.41) is 4.41. The molecule has 2 heterocycles. The highest BCUT2D eigenvalue weighted by molar-refractivity contribution is 7.99. The summed E-state index contributed by atoms with van der Waals surface area (Å²) < 4.78 is 7.44. The van der Waals surface area contributed by atoms with Gasteiger partial charge in [0.1, 0.15) is 11.7 Å². The number of aryl methyl sites for hydroxylation is 2. The van der Waals surface area contributed by atoms with E-state index in [4.69, 9.17) is 4.74 Å². The van der Waals surface area contributed by atoms with Crippen molar-refractivity contribution in [2.45, 2.75) is 46.3 Å². The fourth-order valence-electron chi connectivity index (χ4n) is 2.24. The SMILES string of the molecule is CCCn1nc(C)c(C(=O)O[C@H]2CCSC2)c1C. The number of carbonyl (C=O) groups is 1. The summed E-state index contributed by atoms with van der Waals surface area (Å²) in [6.07, 6.45) is 2.06. The van der Waals surface area contributed by atoms with Gasteiger partial charge in [-0.2, -0.15) is 16.9 Å². The second-order valence-electron chi connectivity index (χ2n) is 4.66. The van der Waals surface area contributed by atoms with Gasteiger partial charge in [0.2, 0.25) is 0 Å².